The number of piperidine rings is 1. The van der Waals surface area contributed by atoms with Gasteiger partial charge in [0, 0.05) is 13.1 Å². The fourth-order valence-electron chi connectivity index (χ4n) is 2.74. The fourth-order valence-corrected chi connectivity index (χ4v) is 2.74. The van der Waals surface area contributed by atoms with Gasteiger partial charge in [0.25, 0.3) is 0 Å². The van der Waals surface area contributed by atoms with Crippen molar-refractivity contribution in [2.45, 2.75) is 58.9 Å². The summed E-state index contributed by atoms with van der Waals surface area (Å²) in [5.74, 6) is -0.295. The fraction of sp³-hybridized carbons (Fsp3) is 0.867. The molecule has 1 rings (SSSR count). The minimum Gasteiger partial charge on any atom is -0.480 e. The van der Waals surface area contributed by atoms with Crippen LogP contribution in [0.2, 0.25) is 0 Å². The van der Waals surface area contributed by atoms with Crippen molar-refractivity contribution in [1.29, 1.82) is 0 Å². The van der Waals surface area contributed by atoms with Crippen molar-refractivity contribution in [3.63, 3.8) is 0 Å². The van der Waals surface area contributed by atoms with Crippen molar-refractivity contribution in [2.24, 2.45) is 11.8 Å². The summed E-state index contributed by atoms with van der Waals surface area (Å²) in [7, 11) is 0. The van der Waals surface area contributed by atoms with Crippen LogP contribution in [0, 0.1) is 11.8 Å². The second-order valence-electron chi connectivity index (χ2n) is 5.87. The molecule has 0 aromatic rings. The number of carboxylic acids is 1. The van der Waals surface area contributed by atoms with Gasteiger partial charge in [-0.15, -0.1) is 0 Å². The van der Waals surface area contributed by atoms with E-state index in [1.54, 1.807) is 4.90 Å². The summed E-state index contributed by atoms with van der Waals surface area (Å²) < 4.78 is 0. The second kappa shape index (κ2) is 8.12. The van der Waals surface area contributed by atoms with Crippen molar-refractivity contribution in [3.8, 4) is 0 Å². The molecule has 1 heterocycles. The number of carbonyl (C=O) groups is 2. The molecule has 1 aliphatic rings. The van der Waals surface area contributed by atoms with Crippen LogP contribution in [0.15, 0.2) is 0 Å². The molecule has 2 amide bonds. The summed E-state index contributed by atoms with van der Waals surface area (Å²) in [6.45, 7) is 7.45. The first-order chi connectivity index (χ1) is 9.49. The Morgan fingerprint density at radius 2 is 1.90 bits per heavy atom. The Bertz CT molecular complexity index is 325. The first-order valence-electron chi connectivity index (χ1n) is 7.77. The number of nitrogens with zero attached hydrogens (tertiary/aromatic N) is 1. The number of carbonyl (C=O) groups excluding carboxylic acids is 1. The van der Waals surface area contributed by atoms with E-state index in [4.69, 9.17) is 0 Å². The molecular weight excluding hydrogens is 256 g/mol. The molecule has 2 N–H and O–H groups in total. The Labute approximate surface area is 121 Å². The van der Waals surface area contributed by atoms with Crippen LogP contribution in [0.3, 0.4) is 0 Å². The van der Waals surface area contributed by atoms with Crippen LogP contribution in [-0.2, 0) is 4.79 Å². The zero-order chi connectivity index (χ0) is 15.1. The van der Waals surface area contributed by atoms with Crippen molar-refractivity contribution >= 4 is 12.0 Å². The SMILES string of the molecule is CCCC1CCN(C(=O)N[C@H](C(=O)O)[C@@H](C)CC)CC1. The van der Waals surface area contributed by atoms with Crippen molar-refractivity contribution in [2.75, 3.05) is 13.1 Å². The monoisotopic (exact) mass is 284 g/mol. The molecular formula is C15H28N2O3. The Morgan fingerprint density at radius 3 is 2.35 bits per heavy atom. The lowest BCUT2D eigenvalue weighted by Crippen LogP contribution is -2.52. The molecule has 1 fully saturated rings. The molecule has 0 aromatic carbocycles. The maximum atomic E-state index is 12.1. The Hall–Kier alpha value is -1.26. The summed E-state index contributed by atoms with van der Waals surface area (Å²) >= 11 is 0. The highest BCUT2D eigenvalue weighted by Crippen LogP contribution is 2.21. The molecule has 116 valence electrons. The summed E-state index contributed by atoms with van der Waals surface area (Å²) in [6, 6.07) is -1.02. The summed E-state index contributed by atoms with van der Waals surface area (Å²) in [4.78, 5) is 25.1. The van der Waals surface area contributed by atoms with E-state index >= 15 is 0 Å². The number of nitrogens with one attached hydrogen (secondary N) is 1. The lowest BCUT2D eigenvalue weighted by Gasteiger charge is -2.33. The third kappa shape index (κ3) is 4.69. The van der Waals surface area contributed by atoms with Gasteiger partial charge < -0.3 is 15.3 Å². The number of hydrogen-bond acceptors (Lipinski definition) is 2. The van der Waals surface area contributed by atoms with Crippen LogP contribution in [0.1, 0.15) is 52.9 Å². The van der Waals surface area contributed by atoms with Gasteiger partial charge in [0.05, 0.1) is 0 Å². The summed E-state index contributed by atoms with van der Waals surface area (Å²) in [5.41, 5.74) is 0. The van der Waals surface area contributed by atoms with Gasteiger partial charge in [-0.05, 0) is 24.7 Å². The molecule has 5 nitrogen and oxygen atoms in total. The predicted molar refractivity (Wildman–Crippen MR) is 78.6 cm³/mol. The highest BCUT2D eigenvalue weighted by Gasteiger charge is 2.29. The van der Waals surface area contributed by atoms with E-state index in [1.807, 2.05) is 13.8 Å². The summed E-state index contributed by atoms with van der Waals surface area (Å²) in [6.07, 6.45) is 5.20. The number of aliphatic carboxylic acids is 1. The lowest BCUT2D eigenvalue weighted by molar-refractivity contribution is -0.140. The number of rotatable bonds is 6. The maximum absolute atomic E-state index is 12.1. The van der Waals surface area contributed by atoms with Crippen LogP contribution >= 0.6 is 0 Å². The van der Waals surface area contributed by atoms with Crippen LogP contribution in [-0.4, -0.2) is 41.1 Å². The van der Waals surface area contributed by atoms with Crippen LogP contribution in [0.4, 0.5) is 4.79 Å². The van der Waals surface area contributed by atoms with E-state index in [-0.39, 0.29) is 11.9 Å². The Kier molecular flexibility index (Phi) is 6.82. The molecule has 2 atom stereocenters. The molecule has 20 heavy (non-hydrogen) atoms. The van der Waals surface area contributed by atoms with E-state index in [9.17, 15) is 14.7 Å². The predicted octanol–water partition coefficient (Wildman–Crippen LogP) is 2.71. The minimum absolute atomic E-state index is 0.0610. The molecule has 0 radical (unpaired) electrons. The van der Waals surface area contributed by atoms with Crippen LogP contribution in [0.25, 0.3) is 0 Å². The Morgan fingerprint density at radius 1 is 1.30 bits per heavy atom. The first kappa shape index (κ1) is 16.8. The molecule has 0 aliphatic carbocycles. The highest BCUT2D eigenvalue weighted by atomic mass is 16.4. The van der Waals surface area contributed by atoms with Crippen LogP contribution < -0.4 is 5.32 Å². The third-order valence-corrected chi connectivity index (χ3v) is 4.36. The molecule has 1 saturated heterocycles. The number of likely N-dealkylation sites (tertiary alicyclic amines) is 1. The maximum Gasteiger partial charge on any atom is 0.326 e. The normalized spacial score (nSPS) is 19.4. The molecule has 0 unspecified atom stereocenters. The van der Waals surface area contributed by atoms with Gasteiger partial charge in [-0.25, -0.2) is 9.59 Å². The van der Waals surface area contributed by atoms with Crippen LogP contribution in [0.5, 0.6) is 0 Å². The number of amides is 2. The molecule has 1 aliphatic heterocycles. The van der Waals surface area contributed by atoms with E-state index in [1.165, 1.54) is 12.8 Å². The van der Waals surface area contributed by atoms with Gasteiger partial charge >= 0.3 is 12.0 Å². The van der Waals surface area contributed by atoms with Gasteiger partial charge in [-0.2, -0.15) is 0 Å². The third-order valence-electron chi connectivity index (χ3n) is 4.36. The minimum atomic E-state index is -0.950. The molecule has 5 heteroatoms. The molecule has 0 bridgehead atoms. The van der Waals surface area contributed by atoms with Gasteiger partial charge in [-0.1, -0.05) is 40.0 Å². The van der Waals surface area contributed by atoms with Crippen molar-refractivity contribution in [3.05, 3.63) is 0 Å². The van der Waals surface area contributed by atoms with E-state index in [0.29, 0.717) is 5.92 Å². The molecule has 0 spiro atoms. The molecule has 0 aromatic heterocycles. The quantitative estimate of drug-likeness (QED) is 0.788. The van der Waals surface area contributed by atoms with Gasteiger partial charge in [0.1, 0.15) is 6.04 Å². The number of urea groups is 1. The smallest absolute Gasteiger partial charge is 0.326 e. The largest absolute Gasteiger partial charge is 0.480 e. The number of hydrogen-bond donors (Lipinski definition) is 2. The van der Waals surface area contributed by atoms with Gasteiger partial charge in [0.15, 0.2) is 0 Å². The van der Waals surface area contributed by atoms with Crippen molar-refractivity contribution < 1.29 is 14.7 Å². The first-order valence-corrected chi connectivity index (χ1v) is 7.77. The van der Waals surface area contributed by atoms with E-state index in [2.05, 4.69) is 12.2 Å². The van der Waals surface area contributed by atoms with Gasteiger partial charge in [-0.3, -0.25) is 0 Å². The lowest BCUT2D eigenvalue weighted by atomic mass is 9.92. The van der Waals surface area contributed by atoms with E-state index in [0.717, 1.165) is 32.4 Å². The zero-order valence-electron chi connectivity index (χ0n) is 12.9. The average molecular weight is 284 g/mol. The highest BCUT2D eigenvalue weighted by molar-refractivity contribution is 5.82. The zero-order valence-corrected chi connectivity index (χ0v) is 12.9. The Balaban J connectivity index is 2.48. The second-order valence-corrected chi connectivity index (χ2v) is 5.87. The van der Waals surface area contributed by atoms with E-state index < -0.39 is 12.0 Å². The topological polar surface area (TPSA) is 69.6 Å². The van der Waals surface area contributed by atoms with Gasteiger partial charge in [0.2, 0.25) is 0 Å². The number of carboxylic acid groups (broad SMARTS) is 1. The van der Waals surface area contributed by atoms with Crippen molar-refractivity contribution in [1.82, 2.24) is 10.2 Å². The molecule has 0 saturated carbocycles. The summed E-state index contributed by atoms with van der Waals surface area (Å²) in [5, 5.41) is 11.9. The average Bonchev–Trinajstić information content (AvgIpc) is 2.44. The standard InChI is InChI=1S/C15H28N2O3/c1-4-6-12-7-9-17(10-8-12)15(20)16-13(14(18)19)11(3)5-2/h11-13H,4-10H2,1-3H3,(H,16,20)(H,18,19)/t11-,13-/m0/s1.